The number of benzene rings is 2. The van der Waals surface area contributed by atoms with Crippen LogP contribution in [0.5, 0.6) is 11.6 Å². The minimum atomic E-state index is 0.0975. The number of fused-ring (bicyclic) bond motifs is 1. The molecule has 5 nitrogen and oxygen atoms in total. The van der Waals surface area contributed by atoms with E-state index in [1.54, 1.807) is 24.2 Å². The highest BCUT2D eigenvalue weighted by atomic mass is 32.1. The van der Waals surface area contributed by atoms with Gasteiger partial charge in [0.25, 0.3) is 0 Å². The van der Waals surface area contributed by atoms with Crippen molar-refractivity contribution < 1.29 is 9.47 Å². The lowest BCUT2D eigenvalue weighted by Gasteiger charge is -2.26. The number of hydrogen-bond acceptors (Lipinski definition) is 4. The van der Waals surface area contributed by atoms with Crippen molar-refractivity contribution in [3.63, 3.8) is 0 Å². The van der Waals surface area contributed by atoms with Gasteiger partial charge in [-0.1, -0.05) is 36.4 Å². The number of nitrogens with zero attached hydrogens (tertiary/aromatic N) is 2. The van der Waals surface area contributed by atoms with Crippen molar-refractivity contribution in [2.24, 2.45) is 5.73 Å². The lowest BCUT2D eigenvalue weighted by molar-refractivity contribution is 0.0273. The van der Waals surface area contributed by atoms with E-state index < -0.39 is 0 Å². The SMILES string of the molecule is CN(C(N)=S)c1ccc(Oc2ccc3c(c2)COC(c2ccccc2)C3)nc1. The maximum atomic E-state index is 6.06. The van der Waals surface area contributed by atoms with Crippen LogP contribution in [0, 0.1) is 0 Å². The van der Waals surface area contributed by atoms with Crippen molar-refractivity contribution in [1.82, 2.24) is 4.98 Å². The predicted molar refractivity (Wildman–Crippen MR) is 114 cm³/mol. The molecule has 0 aliphatic carbocycles. The molecule has 2 aromatic carbocycles. The van der Waals surface area contributed by atoms with Gasteiger partial charge in [-0.15, -0.1) is 0 Å². The number of aromatic nitrogens is 1. The topological polar surface area (TPSA) is 60.6 Å². The highest BCUT2D eigenvalue weighted by Gasteiger charge is 2.21. The van der Waals surface area contributed by atoms with Gasteiger partial charge in [0, 0.05) is 19.5 Å². The smallest absolute Gasteiger partial charge is 0.219 e. The molecule has 2 heterocycles. The minimum Gasteiger partial charge on any atom is -0.439 e. The molecule has 0 spiro atoms. The molecule has 0 amide bonds. The summed E-state index contributed by atoms with van der Waals surface area (Å²) < 4.78 is 12.0. The van der Waals surface area contributed by atoms with Crippen molar-refractivity contribution in [2.75, 3.05) is 11.9 Å². The van der Waals surface area contributed by atoms with Crippen LogP contribution in [0.2, 0.25) is 0 Å². The molecule has 1 aliphatic rings. The molecule has 0 saturated carbocycles. The zero-order valence-electron chi connectivity index (χ0n) is 15.5. The van der Waals surface area contributed by atoms with E-state index in [1.165, 1.54) is 11.1 Å². The Hall–Kier alpha value is -2.96. The van der Waals surface area contributed by atoms with Crippen LogP contribution in [0.25, 0.3) is 0 Å². The van der Waals surface area contributed by atoms with Crippen molar-refractivity contribution in [2.45, 2.75) is 19.1 Å². The molecular formula is C22H21N3O2S. The van der Waals surface area contributed by atoms with Crippen LogP contribution < -0.4 is 15.4 Å². The molecule has 2 N–H and O–H groups in total. The second kappa shape index (κ2) is 7.96. The number of pyridine rings is 1. The first kappa shape index (κ1) is 18.4. The summed E-state index contributed by atoms with van der Waals surface area (Å²) in [5, 5.41) is 0.291. The lowest BCUT2D eigenvalue weighted by atomic mass is 9.95. The van der Waals surface area contributed by atoms with Crippen LogP contribution in [0.3, 0.4) is 0 Å². The number of anilines is 1. The van der Waals surface area contributed by atoms with Gasteiger partial charge in [-0.2, -0.15) is 0 Å². The molecule has 1 atom stereocenters. The molecule has 0 radical (unpaired) electrons. The molecule has 0 bridgehead atoms. The van der Waals surface area contributed by atoms with Gasteiger partial charge in [0.15, 0.2) is 5.11 Å². The fraction of sp³-hybridized carbons (Fsp3) is 0.182. The standard InChI is InChI=1S/C22H21N3O2S/c1-25(22(23)28)18-8-10-21(24-13-18)27-19-9-7-16-12-20(26-14-17(16)11-19)15-5-3-2-4-6-15/h2-11,13,20H,12,14H2,1H3,(H2,23,28). The average molecular weight is 391 g/mol. The monoisotopic (exact) mass is 391 g/mol. The summed E-state index contributed by atoms with van der Waals surface area (Å²) >= 11 is 4.97. The van der Waals surface area contributed by atoms with Crippen molar-refractivity contribution >= 4 is 23.0 Å². The Bertz CT molecular complexity index is 977. The van der Waals surface area contributed by atoms with E-state index in [0.717, 1.165) is 23.4 Å². The summed E-state index contributed by atoms with van der Waals surface area (Å²) in [5.74, 6) is 1.25. The lowest BCUT2D eigenvalue weighted by Crippen LogP contribution is -2.31. The van der Waals surface area contributed by atoms with Gasteiger partial charge < -0.3 is 20.1 Å². The van der Waals surface area contributed by atoms with Gasteiger partial charge >= 0.3 is 0 Å². The first-order valence-electron chi connectivity index (χ1n) is 9.05. The average Bonchev–Trinajstić information content (AvgIpc) is 2.74. The number of hydrogen-bond donors (Lipinski definition) is 1. The van der Waals surface area contributed by atoms with Crippen LogP contribution in [-0.4, -0.2) is 17.1 Å². The first-order valence-corrected chi connectivity index (χ1v) is 9.46. The number of ether oxygens (including phenoxy) is 2. The summed E-state index contributed by atoms with van der Waals surface area (Å²) in [6, 6.07) is 20.1. The van der Waals surface area contributed by atoms with E-state index in [-0.39, 0.29) is 6.10 Å². The fourth-order valence-electron chi connectivity index (χ4n) is 3.21. The van der Waals surface area contributed by atoms with Gasteiger partial charge in [0.2, 0.25) is 5.88 Å². The van der Waals surface area contributed by atoms with E-state index in [1.807, 2.05) is 36.4 Å². The summed E-state index contributed by atoms with van der Waals surface area (Å²) in [6.07, 6.45) is 2.64. The summed E-state index contributed by atoms with van der Waals surface area (Å²) in [4.78, 5) is 6.02. The molecule has 1 aromatic heterocycles. The van der Waals surface area contributed by atoms with E-state index in [9.17, 15) is 0 Å². The Morgan fingerprint density at radius 3 is 2.68 bits per heavy atom. The molecule has 0 saturated heterocycles. The summed E-state index contributed by atoms with van der Waals surface area (Å²) in [6.45, 7) is 0.567. The van der Waals surface area contributed by atoms with Gasteiger partial charge in [-0.25, -0.2) is 4.98 Å². The molecule has 3 aromatic rings. The third-order valence-electron chi connectivity index (χ3n) is 4.86. The third-order valence-corrected chi connectivity index (χ3v) is 5.13. The van der Waals surface area contributed by atoms with E-state index in [4.69, 9.17) is 27.4 Å². The molecule has 1 aliphatic heterocycles. The minimum absolute atomic E-state index is 0.0975. The van der Waals surface area contributed by atoms with E-state index in [2.05, 4.69) is 23.2 Å². The second-order valence-corrected chi connectivity index (χ2v) is 7.12. The molecule has 28 heavy (non-hydrogen) atoms. The largest absolute Gasteiger partial charge is 0.439 e. The van der Waals surface area contributed by atoms with Crippen molar-refractivity contribution in [1.29, 1.82) is 0 Å². The highest BCUT2D eigenvalue weighted by Crippen LogP contribution is 2.33. The second-order valence-electron chi connectivity index (χ2n) is 6.70. The number of thiocarbonyl (C=S) groups is 1. The zero-order chi connectivity index (χ0) is 19.5. The molecule has 1 unspecified atom stereocenters. The maximum absolute atomic E-state index is 6.06. The normalized spacial score (nSPS) is 15.5. The summed E-state index contributed by atoms with van der Waals surface area (Å²) in [5.41, 5.74) is 10.1. The highest BCUT2D eigenvalue weighted by molar-refractivity contribution is 7.80. The molecule has 6 heteroatoms. The Kier molecular flexibility index (Phi) is 5.23. The molecule has 4 rings (SSSR count). The van der Waals surface area contributed by atoms with Gasteiger partial charge in [-0.05, 0) is 47.1 Å². The maximum Gasteiger partial charge on any atom is 0.219 e. The van der Waals surface area contributed by atoms with E-state index in [0.29, 0.717) is 17.6 Å². The Morgan fingerprint density at radius 2 is 1.96 bits per heavy atom. The van der Waals surface area contributed by atoms with Crippen LogP contribution in [0.1, 0.15) is 22.8 Å². The van der Waals surface area contributed by atoms with Gasteiger partial charge in [0.05, 0.1) is 24.6 Å². The Morgan fingerprint density at radius 1 is 1.14 bits per heavy atom. The molecule has 142 valence electrons. The Balaban J connectivity index is 1.46. The molecule has 0 fully saturated rings. The number of nitrogens with two attached hydrogens (primary N) is 1. The van der Waals surface area contributed by atoms with Crippen LogP contribution in [0.4, 0.5) is 5.69 Å². The number of rotatable bonds is 4. The van der Waals surface area contributed by atoms with Crippen molar-refractivity contribution in [3.8, 4) is 11.6 Å². The fourth-order valence-corrected chi connectivity index (χ4v) is 3.31. The summed E-state index contributed by atoms with van der Waals surface area (Å²) in [7, 11) is 1.80. The van der Waals surface area contributed by atoms with Crippen LogP contribution >= 0.6 is 12.2 Å². The van der Waals surface area contributed by atoms with Gasteiger partial charge in [-0.3, -0.25) is 0 Å². The van der Waals surface area contributed by atoms with Gasteiger partial charge in [0.1, 0.15) is 5.75 Å². The van der Waals surface area contributed by atoms with Crippen LogP contribution in [0.15, 0.2) is 66.9 Å². The molecular weight excluding hydrogens is 370 g/mol. The quantitative estimate of drug-likeness (QED) is 0.667. The van der Waals surface area contributed by atoms with Crippen molar-refractivity contribution in [3.05, 3.63) is 83.6 Å². The third kappa shape index (κ3) is 3.98. The van der Waals surface area contributed by atoms with Crippen LogP contribution in [-0.2, 0) is 17.8 Å². The van der Waals surface area contributed by atoms with E-state index >= 15 is 0 Å². The zero-order valence-corrected chi connectivity index (χ0v) is 16.4. The first-order chi connectivity index (χ1) is 13.6. The Labute approximate surface area is 169 Å². The predicted octanol–water partition coefficient (Wildman–Crippen LogP) is 4.37.